The summed E-state index contributed by atoms with van der Waals surface area (Å²) in [6.07, 6.45) is 1.08. The molecule has 1 aliphatic rings. The van der Waals surface area contributed by atoms with Crippen molar-refractivity contribution in [1.29, 1.82) is 0 Å². The predicted octanol–water partition coefficient (Wildman–Crippen LogP) is -0.305. The maximum absolute atomic E-state index is 12.1. The third-order valence-corrected chi connectivity index (χ3v) is 5.71. The highest BCUT2D eigenvalue weighted by Crippen LogP contribution is 2.22. The van der Waals surface area contributed by atoms with Crippen molar-refractivity contribution < 1.29 is 13.5 Å². The molecule has 0 amide bonds. The minimum atomic E-state index is -3.44. The first-order chi connectivity index (χ1) is 7.43. The van der Waals surface area contributed by atoms with E-state index in [9.17, 15) is 8.42 Å². The van der Waals surface area contributed by atoms with Crippen LogP contribution in [0.1, 0.15) is 19.8 Å². The van der Waals surface area contributed by atoms with E-state index in [1.165, 1.54) is 4.31 Å². The highest BCUT2D eigenvalue weighted by Gasteiger charge is 2.37. The summed E-state index contributed by atoms with van der Waals surface area (Å²) in [6, 6.07) is 0. The van der Waals surface area contributed by atoms with E-state index < -0.39 is 15.3 Å². The fourth-order valence-corrected chi connectivity index (χ4v) is 4.30. The Morgan fingerprint density at radius 1 is 1.69 bits per heavy atom. The van der Waals surface area contributed by atoms with Gasteiger partial charge in [-0.25, -0.2) is 12.7 Å². The zero-order valence-corrected chi connectivity index (χ0v) is 10.9. The van der Waals surface area contributed by atoms with Gasteiger partial charge in [-0.05, 0) is 18.8 Å². The predicted molar refractivity (Wildman–Crippen MR) is 66.6 cm³/mol. The minimum absolute atomic E-state index is 0.0231. The van der Waals surface area contributed by atoms with Crippen molar-refractivity contribution in [3.05, 3.63) is 0 Å². The first-order valence-electron chi connectivity index (χ1n) is 5.32. The number of hydrogen-bond acceptors (Lipinski definition) is 4. The SMILES string of the molecule is CCC(C(N)=S)S(=O)(=O)N1CCC(CO)C1. The molecule has 0 aromatic carbocycles. The van der Waals surface area contributed by atoms with Gasteiger partial charge in [-0.3, -0.25) is 0 Å². The Hall–Kier alpha value is -0.240. The van der Waals surface area contributed by atoms with Crippen LogP contribution in [0.3, 0.4) is 0 Å². The van der Waals surface area contributed by atoms with E-state index in [-0.39, 0.29) is 17.5 Å². The van der Waals surface area contributed by atoms with E-state index in [1.54, 1.807) is 6.92 Å². The molecule has 2 atom stereocenters. The molecule has 94 valence electrons. The van der Waals surface area contributed by atoms with E-state index >= 15 is 0 Å². The van der Waals surface area contributed by atoms with Crippen LogP contribution in [-0.2, 0) is 10.0 Å². The highest BCUT2D eigenvalue weighted by atomic mass is 32.2. The molecule has 1 aliphatic heterocycles. The van der Waals surface area contributed by atoms with Gasteiger partial charge in [-0.2, -0.15) is 0 Å². The smallest absolute Gasteiger partial charge is 0.223 e. The third-order valence-electron chi connectivity index (χ3n) is 2.91. The monoisotopic (exact) mass is 266 g/mol. The van der Waals surface area contributed by atoms with Gasteiger partial charge in [0.25, 0.3) is 0 Å². The second-order valence-corrected chi connectivity index (χ2v) is 6.63. The number of rotatable bonds is 5. The summed E-state index contributed by atoms with van der Waals surface area (Å²) in [5, 5.41) is 8.20. The molecular weight excluding hydrogens is 248 g/mol. The first kappa shape index (κ1) is 13.8. The molecule has 16 heavy (non-hydrogen) atoms. The largest absolute Gasteiger partial charge is 0.396 e. The van der Waals surface area contributed by atoms with Gasteiger partial charge < -0.3 is 10.8 Å². The number of aliphatic hydroxyl groups is 1. The van der Waals surface area contributed by atoms with Crippen LogP contribution in [0.5, 0.6) is 0 Å². The van der Waals surface area contributed by atoms with Crippen LogP contribution < -0.4 is 5.73 Å². The van der Waals surface area contributed by atoms with Crippen LogP contribution in [-0.4, -0.2) is 47.8 Å². The molecule has 1 heterocycles. The van der Waals surface area contributed by atoms with Gasteiger partial charge in [0.1, 0.15) is 5.25 Å². The van der Waals surface area contributed by atoms with Gasteiger partial charge in [0, 0.05) is 19.7 Å². The van der Waals surface area contributed by atoms with Gasteiger partial charge in [0.05, 0.1) is 4.99 Å². The standard InChI is InChI=1S/C9H18N2O3S2/c1-2-8(9(10)15)16(13,14)11-4-3-7(5-11)6-12/h7-8,12H,2-6H2,1H3,(H2,10,15). The highest BCUT2D eigenvalue weighted by molar-refractivity contribution is 7.92. The van der Waals surface area contributed by atoms with E-state index in [0.717, 1.165) is 0 Å². The minimum Gasteiger partial charge on any atom is -0.396 e. The molecule has 7 heteroatoms. The lowest BCUT2D eigenvalue weighted by Crippen LogP contribution is -2.43. The molecule has 1 fully saturated rings. The number of nitrogens with two attached hydrogens (primary N) is 1. The summed E-state index contributed by atoms with van der Waals surface area (Å²) in [4.78, 5) is 0.0231. The number of hydrogen-bond donors (Lipinski definition) is 2. The van der Waals surface area contributed by atoms with E-state index in [4.69, 9.17) is 23.1 Å². The lowest BCUT2D eigenvalue weighted by Gasteiger charge is -2.22. The zero-order valence-electron chi connectivity index (χ0n) is 9.30. The van der Waals surface area contributed by atoms with Crippen LogP contribution in [0.25, 0.3) is 0 Å². The summed E-state index contributed by atoms with van der Waals surface area (Å²) >= 11 is 4.78. The summed E-state index contributed by atoms with van der Waals surface area (Å²) in [5.74, 6) is 0.0404. The molecule has 0 aliphatic carbocycles. The summed E-state index contributed by atoms with van der Waals surface area (Å²) in [7, 11) is -3.44. The molecule has 0 spiro atoms. The average molecular weight is 266 g/mol. The van der Waals surface area contributed by atoms with Crippen molar-refractivity contribution in [1.82, 2.24) is 4.31 Å². The third kappa shape index (κ3) is 2.71. The molecule has 1 rings (SSSR count). The molecule has 3 N–H and O–H groups in total. The van der Waals surface area contributed by atoms with Crippen LogP contribution in [0.15, 0.2) is 0 Å². The number of sulfonamides is 1. The second-order valence-electron chi connectivity index (χ2n) is 4.04. The van der Waals surface area contributed by atoms with E-state index in [0.29, 0.717) is 25.9 Å². The van der Waals surface area contributed by atoms with Crippen molar-refractivity contribution in [2.75, 3.05) is 19.7 Å². The Bertz CT molecular complexity index is 356. The van der Waals surface area contributed by atoms with Crippen molar-refractivity contribution in [2.24, 2.45) is 11.7 Å². The molecule has 0 radical (unpaired) electrons. The average Bonchev–Trinajstić information content (AvgIpc) is 2.66. The van der Waals surface area contributed by atoms with Gasteiger partial charge >= 0.3 is 0 Å². The van der Waals surface area contributed by atoms with Gasteiger partial charge in [-0.15, -0.1) is 0 Å². The molecule has 5 nitrogen and oxygen atoms in total. The lowest BCUT2D eigenvalue weighted by atomic mass is 10.1. The van der Waals surface area contributed by atoms with E-state index in [1.807, 2.05) is 0 Å². The first-order valence-corrected chi connectivity index (χ1v) is 7.23. The van der Waals surface area contributed by atoms with Crippen LogP contribution in [0.4, 0.5) is 0 Å². The number of thiocarbonyl (C=S) groups is 1. The fraction of sp³-hybridized carbons (Fsp3) is 0.889. The van der Waals surface area contributed by atoms with Gasteiger partial charge in [-0.1, -0.05) is 19.1 Å². The van der Waals surface area contributed by atoms with Crippen molar-refractivity contribution in [3.8, 4) is 0 Å². The lowest BCUT2D eigenvalue weighted by molar-refractivity contribution is 0.233. The molecule has 0 aromatic rings. The van der Waals surface area contributed by atoms with Crippen LogP contribution in [0, 0.1) is 5.92 Å². The normalized spacial score (nSPS) is 24.5. The van der Waals surface area contributed by atoms with Gasteiger partial charge in [0.15, 0.2) is 0 Å². The maximum Gasteiger partial charge on any atom is 0.223 e. The Morgan fingerprint density at radius 2 is 2.31 bits per heavy atom. The molecule has 0 bridgehead atoms. The topological polar surface area (TPSA) is 83.6 Å². The maximum atomic E-state index is 12.1. The number of nitrogens with zero attached hydrogens (tertiary/aromatic N) is 1. The summed E-state index contributed by atoms with van der Waals surface area (Å²) in [5.41, 5.74) is 5.44. The number of aliphatic hydroxyl groups excluding tert-OH is 1. The Balaban J connectivity index is 2.82. The summed E-state index contributed by atoms with van der Waals surface area (Å²) in [6.45, 7) is 2.60. The Labute approximate surface area is 102 Å². The van der Waals surface area contributed by atoms with Crippen molar-refractivity contribution >= 4 is 27.2 Å². The van der Waals surface area contributed by atoms with Crippen LogP contribution in [0.2, 0.25) is 0 Å². The van der Waals surface area contributed by atoms with Crippen LogP contribution >= 0.6 is 12.2 Å². The molecule has 1 saturated heterocycles. The van der Waals surface area contributed by atoms with Crippen molar-refractivity contribution in [2.45, 2.75) is 25.0 Å². The zero-order chi connectivity index (χ0) is 12.3. The molecular formula is C9H18N2O3S2. The molecule has 0 saturated carbocycles. The van der Waals surface area contributed by atoms with Crippen molar-refractivity contribution in [3.63, 3.8) is 0 Å². The Morgan fingerprint density at radius 3 is 2.69 bits per heavy atom. The second kappa shape index (κ2) is 5.39. The van der Waals surface area contributed by atoms with Gasteiger partial charge in [0.2, 0.25) is 10.0 Å². The quantitative estimate of drug-likeness (QED) is 0.667. The summed E-state index contributed by atoms with van der Waals surface area (Å²) < 4.78 is 25.7. The Kier molecular flexibility index (Phi) is 4.66. The molecule has 2 unspecified atom stereocenters. The molecule has 0 aromatic heterocycles. The fourth-order valence-electron chi connectivity index (χ4n) is 1.92. The van der Waals surface area contributed by atoms with E-state index in [2.05, 4.69) is 0 Å².